The molecule has 0 fully saturated rings. The maximum atomic E-state index is 12.3. The van der Waals surface area contributed by atoms with Gasteiger partial charge < -0.3 is 4.74 Å². The number of ether oxygens (including phenoxy) is 1. The van der Waals surface area contributed by atoms with Crippen LogP contribution in [0.15, 0.2) is 46.6 Å². The number of rotatable bonds is 4. The van der Waals surface area contributed by atoms with Gasteiger partial charge in [-0.3, -0.25) is 10.1 Å². The third-order valence-electron chi connectivity index (χ3n) is 2.98. The first-order valence-corrected chi connectivity index (χ1v) is 8.12. The van der Waals surface area contributed by atoms with Crippen molar-refractivity contribution in [2.75, 3.05) is 0 Å². The van der Waals surface area contributed by atoms with Gasteiger partial charge in [0.1, 0.15) is 5.75 Å². The average Bonchev–Trinajstić information content (AvgIpc) is 2.49. The molecule has 0 heterocycles. The summed E-state index contributed by atoms with van der Waals surface area (Å²) in [5.74, 6) is -0.511. The summed E-state index contributed by atoms with van der Waals surface area (Å²) < 4.78 is 6.02. The van der Waals surface area contributed by atoms with Gasteiger partial charge in [-0.2, -0.15) is 0 Å². The first kappa shape index (κ1) is 18.4. The number of allylic oxidation sites excluding steroid dienone is 1. The Hall–Kier alpha value is -1.89. The molecular weight excluding hydrogens is 421 g/mol. The second kappa shape index (κ2) is 7.79. The van der Waals surface area contributed by atoms with E-state index in [4.69, 9.17) is 27.9 Å². The fourth-order valence-electron chi connectivity index (χ4n) is 1.81. The van der Waals surface area contributed by atoms with Crippen LogP contribution >= 0.6 is 39.1 Å². The summed E-state index contributed by atoms with van der Waals surface area (Å²) >= 11 is 15.1. The van der Waals surface area contributed by atoms with E-state index < -0.39 is 10.9 Å². The van der Waals surface area contributed by atoms with E-state index in [0.717, 1.165) is 0 Å². The van der Waals surface area contributed by atoms with Crippen LogP contribution in [0.4, 0.5) is 0 Å². The minimum atomic E-state index is -0.688. The van der Waals surface area contributed by atoms with Crippen molar-refractivity contribution in [3.05, 3.63) is 77.9 Å². The minimum absolute atomic E-state index is 0.0880. The predicted molar refractivity (Wildman–Crippen MR) is 96.2 cm³/mol. The van der Waals surface area contributed by atoms with Crippen molar-refractivity contribution in [2.24, 2.45) is 0 Å². The van der Waals surface area contributed by atoms with Crippen LogP contribution in [0.2, 0.25) is 10.0 Å². The second-order valence-electron chi connectivity index (χ2n) is 4.74. The van der Waals surface area contributed by atoms with Crippen LogP contribution in [0.25, 0.3) is 6.08 Å². The minimum Gasteiger partial charge on any atom is -0.422 e. The van der Waals surface area contributed by atoms with Gasteiger partial charge in [-0.1, -0.05) is 39.1 Å². The van der Waals surface area contributed by atoms with Crippen LogP contribution in [0.3, 0.4) is 0 Å². The molecular formula is C16H10BrCl2NO4. The number of carbonyl (C=O) groups excluding carboxylic acids is 1. The Morgan fingerprint density at radius 2 is 1.96 bits per heavy atom. The van der Waals surface area contributed by atoms with Crippen molar-refractivity contribution in [3.63, 3.8) is 0 Å². The number of hydrogen-bond donors (Lipinski definition) is 0. The van der Waals surface area contributed by atoms with Crippen molar-refractivity contribution in [2.45, 2.75) is 6.92 Å². The first-order chi connectivity index (χ1) is 11.3. The summed E-state index contributed by atoms with van der Waals surface area (Å²) in [6.07, 6.45) is 1.32. The van der Waals surface area contributed by atoms with Gasteiger partial charge in [-0.15, -0.1) is 0 Å². The van der Waals surface area contributed by atoms with Gasteiger partial charge in [0.05, 0.1) is 15.5 Å². The number of nitrogens with zero attached hydrogens (tertiary/aromatic N) is 1. The lowest BCUT2D eigenvalue weighted by atomic mass is 10.1. The van der Waals surface area contributed by atoms with E-state index in [0.29, 0.717) is 15.1 Å². The van der Waals surface area contributed by atoms with E-state index in [-0.39, 0.29) is 22.0 Å². The van der Waals surface area contributed by atoms with Gasteiger partial charge in [0.15, 0.2) is 0 Å². The molecule has 0 amide bonds. The van der Waals surface area contributed by atoms with Crippen LogP contribution in [0, 0.1) is 10.1 Å². The van der Waals surface area contributed by atoms with E-state index in [2.05, 4.69) is 15.9 Å². The molecule has 0 aliphatic carbocycles. The van der Waals surface area contributed by atoms with Crippen molar-refractivity contribution < 1.29 is 14.5 Å². The third-order valence-corrected chi connectivity index (χ3v) is 4.02. The molecule has 2 rings (SSSR count). The normalized spacial score (nSPS) is 11.2. The lowest BCUT2D eigenvalue weighted by molar-refractivity contribution is -0.422. The molecule has 0 radical (unpaired) electrons. The number of hydrogen-bond acceptors (Lipinski definition) is 4. The molecule has 0 aromatic heterocycles. The van der Waals surface area contributed by atoms with Crippen LogP contribution in [-0.2, 0) is 0 Å². The Morgan fingerprint density at radius 1 is 1.25 bits per heavy atom. The molecule has 0 atom stereocenters. The van der Waals surface area contributed by atoms with Gasteiger partial charge in [-0.25, -0.2) is 4.79 Å². The Morgan fingerprint density at radius 3 is 2.58 bits per heavy atom. The summed E-state index contributed by atoms with van der Waals surface area (Å²) in [5.41, 5.74) is 0.442. The predicted octanol–water partition coefficient (Wildman–Crippen LogP) is 5.61. The molecule has 0 saturated heterocycles. The monoisotopic (exact) mass is 429 g/mol. The highest BCUT2D eigenvalue weighted by Crippen LogP contribution is 2.28. The highest BCUT2D eigenvalue weighted by atomic mass is 79.9. The Bertz CT molecular complexity index is 852. The van der Waals surface area contributed by atoms with Crippen LogP contribution in [-0.4, -0.2) is 10.9 Å². The van der Waals surface area contributed by atoms with E-state index in [1.54, 1.807) is 12.1 Å². The molecule has 2 aromatic rings. The lowest BCUT2D eigenvalue weighted by Crippen LogP contribution is -2.10. The third kappa shape index (κ3) is 4.56. The van der Waals surface area contributed by atoms with E-state index in [1.165, 1.54) is 37.3 Å². The Balaban J connectivity index is 2.37. The Kier molecular flexibility index (Phi) is 5.99. The summed E-state index contributed by atoms with van der Waals surface area (Å²) in [4.78, 5) is 22.6. The molecule has 5 nitrogen and oxygen atoms in total. The van der Waals surface area contributed by atoms with Gasteiger partial charge in [0.25, 0.3) is 0 Å². The highest BCUT2D eigenvalue weighted by Gasteiger charge is 2.16. The molecule has 0 saturated carbocycles. The van der Waals surface area contributed by atoms with Gasteiger partial charge in [0.2, 0.25) is 5.70 Å². The van der Waals surface area contributed by atoms with Crippen LogP contribution in [0.5, 0.6) is 5.75 Å². The van der Waals surface area contributed by atoms with E-state index in [1.807, 2.05) is 0 Å². The van der Waals surface area contributed by atoms with Gasteiger partial charge in [-0.05, 0) is 36.4 Å². The van der Waals surface area contributed by atoms with Crippen molar-refractivity contribution in [3.8, 4) is 5.75 Å². The first-order valence-electron chi connectivity index (χ1n) is 6.57. The molecule has 0 unspecified atom stereocenters. The van der Waals surface area contributed by atoms with Crippen LogP contribution in [0.1, 0.15) is 22.8 Å². The second-order valence-corrected chi connectivity index (χ2v) is 6.50. The molecule has 0 spiro atoms. The zero-order chi connectivity index (χ0) is 17.9. The maximum Gasteiger partial charge on any atom is 0.345 e. The topological polar surface area (TPSA) is 69.4 Å². The lowest BCUT2D eigenvalue weighted by Gasteiger charge is -2.09. The summed E-state index contributed by atoms with van der Waals surface area (Å²) in [7, 11) is 0. The molecule has 0 N–H and O–H groups in total. The standard InChI is InChI=1S/C16H10BrCl2NO4/c1-9(20(22)23)6-10-7-11(17)2-5-15(10)24-16(21)13-4-3-12(18)8-14(13)19/h2-8H,1H3/b9-6+. The van der Waals surface area contributed by atoms with E-state index >= 15 is 0 Å². The summed E-state index contributed by atoms with van der Waals surface area (Å²) in [6, 6.07) is 9.20. The number of nitro groups is 1. The molecule has 24 heavy (non-hydrogen) atoms. The zero-order valence-corrected chi connectivity index (χ0v) is 15.4. The molecule has 2 aromatic carbocycles. The Labute approximate surface area is 156 Å². The summed E-state index contributed by atoms with van der Waals surface area (Å²) in [6.45, 7) is 1.35. The average molecular weight is 431 g/mol. The fourth-order valence-corrected chi connectivity index (χ4v) is 2.68. The molecule has 8 heteroatoms. The van der Waals surface area contributed by atoms with Crippen molar-refractivity contribution >= 4 is 51.2 Å². The van der Waals surface area contributed by atoms with E-state index in [9.17, 15) is 14.9 Å². The quantitative estimate of drug-likeness (QED) is 0.273. The molecule has 124 valence electrons. The molecule has 0 bridgehead atoms. The number of benzene rings is 2. The van der Waals surface area contributed by atoms with Gasteiger partial charge >= 0.3 is 5.97 Å². The van der Waals surface area contributed by atoms with Gasteiger partial charge in [0, 0.05) is 28.1 Å². The SMILES string of the molecule is C/C(=C\c1cc(Br)ccc1OC(=O)c1ccc(Cl)cc1Cl)[N+](=O)[O-]. The molecule has 0 aliphatic heterocycles. The number of halogens is 3. The smallest absolute Gasteiger partial charge is 0.345 e. The zero-order valence-electron chi connectivity index (χ0n) is 12.3. The maximum absolute atomic E-state index is 12.3. The van der Waals surface area contributed by atoms with Crippen LogP contribution < -0.4 is 4.74 Å². The largest absolute Gasteiger partial charge is 0.422 e. The fraction of sp³-hybridized carbons (Fsp3) is 0.0625. The highest BCUT2D eigenvalue weighted by molar-refractivity contribution is 9.10. The molecule has 0 aliphatic rings. The summed E-state index contributed by atoms with van der Waals surface area (Å²) in [5, 5.41) is 11.4. The van der Waals surface area contributed by atoms with Crippen molar-refractivity contribution in [1.29, 1.82) is 0 Å². The number of carbonyl (C=O) groups is 1. The number of esters is 1. The van der Waals surface area contributed by atoms with Crippen molar-refractivity contribution in [1.82, 2.24) is 0 Å².